The molecule has 1 amide bonds. The molecule has 0 bridgehead atoms. The Bertz CT molecular complexity index is 1090. The molecule has 0 spiro atoms. The van der Waals surface area contributed by atoms with Crippen molar-refractivity contribution in [3.63, 3.8) is 0 Å². The fourth-order valence-electron chi connectivity index (χ4n) is 4.23. The Morgan fingerprint density at radius 2 is 1.59 bits per heavy atom. The van der Waals surface area contributed by atoms with Gasteiger partial charge in [0.05, 0.1) is 10.5 Å². The third-order valence-corrected chi connectivity index (χ3v) is 7.93. The zero-order valence-electron chi connectivity index (χ0n) is 18.0. The summed E-state index contributed by atoms with van der Waals surface area (Å²) in [6.45, 7) is 1.72. The number of hydrogen-bond acceptors (Lipinski definition) is 5. The zero-order chi connectivity index (χ0) is 22.6. The first-order chi connectivity index (χ1) is 15.4. The van der Waals surface area contributed by atoms with Gasteiger partial charge in [-0.3, -0.25) is 4.79 Å². The number of amides is 1. The Morgan fingerprint density at radius 3 is 2.34 bits per heavy atom. The summed E-state index contributed by atoms with van der Waals surface area (Å²) in [5.41, 5.74) is 2.27. The van der Waals surface area contributed by atoms with Gasteiger partial charge in [0.15, 0.2) is 6.61 Å². The first kappa shape index (κ1) is 22.5. The van der Waals surface area contributed by atoms with Crippen LogP contribution in [0.1, 0.15) is 47.2 Å². The number of hydrogen-bond donors (Lipinski definition) is 0. The van der Waals surface area contributed by atoms with Crippen LogP contribution in [0.2, 0.25) is 0 Å². The molecule has 0 aromatic heterocycles. The van der Waals surface area contributed by atoms with E-state index in [4.69, 9.17) is 4.74 Å². The Balaban J connectivity index is 1.42. The summed E-state index contributed by atoms with van der Waals surface area (Å²) in [6.07, 6.45) is 4.78. The van der Waals surface area contributed by atoms with Crippen molar-refractivity contribution in [2.45, 2.75) is 43.5 Å². The summed E-state index contributed by atoms with van der Waals surface area (Å²) in [4.78, 5) is 26.7. The highest BCUT2D eigenvalue weighted by atomic mass is 32.2. The van der Waals surface area contributed by atoms with Gasteiger partial charge >= 0.3 is 5.97 Å². The molecule has 1 saturated heterocycles. The molecule has 1 fully saturated rings. The molecule has 2 aromatic rings. The van der Waals surface area contributed by atoms with Crippen LogP contribution in [0.5, 0.6) is 0 Å². The fraction of sp³-hybridized carbons (Fsp3) is 0.417. The lowest BCUT2D eigenvalue weighted by Crippen LogP contribution is -2.36. The summed E-state index contributed by atoms with van der Waals surface area (Å²) in [7, 11) is -3.76. The monoisotopic (exact) mass is 456 g/mol. The summed E-state index contributed by atoms with van der Waals surface area (Å²) in [5.74, 6) is -0.912. The van der Waals surface area contributed by atoms with Gasteiger partial charge in [0, 0.05) is 26.2 Å². The number of nitrogens with zero attached hydrogens (tertiary/aromatic N) is 2. The van der Waals surface area contributed by atoms with Gasteiger partial charge in [-0.05, 0) is 48.6 Å². The van der Waals surface area contributed by atoms with Crippen LogP contribution in [-0.2, 0) is 32.5 Å². The lowest BCUT2D eigenvalue weighted by atomic mass is 10.0. The molecule has 2 aliphatic heterocycles. The zero-order valence-corrected chi connectivity index (χ0v) is 18.9. The second-order valence-electron chi connectivity index (χ2n) is 8.26. The molecule has 0 atom stereocenters. The molecule has 32 heavy (non-hydrogen) atoms. The minimum atomic E-state index is -3.76. The molecule has 8 heteroatoms. The Kier molecular flexibility index (Phi) is 6.91. The first-order valence-electron chi connectivity index (χ1n) is 11.1. The van der Waals surface area contributed by atoms with E-state index in [1.54, 1.807) is 4.90 Å². The van der Waals surface area contributed by atoms with E-state index in [9.17, 15) is 18.0 Å². The molecular formula is C24H28N2O5S. The van der Waals surface area contributed by atoms with Gasteiger partial charge in [0.2, 0.25) is 10.0 Å². The van der Waals surface area contributed by atoms with E-state index in [-0.39, 0.29) is 23.0 Å². The van der Waals surface area contributed by atoms with Crippen molar-refractivity contribution in [3.05, 3.63) is 65.2 Å². The fourth-order valence-corrected chi connectivity index (χ4v) is 5.69. The topological polar surface area (TPSA) is 84.0 Å². The maximum atomic E-state index is 13.2. The molecule has 2 aromatic carbocycles. The van der Waals surface area contributed by atoms with Gasteiger partial charge in [-0.15, -0.1) is 0 Å². The molecule has 0 aliphatic carbocycles. The van der Waals surface area contributed by atoms with Crippen LogP contribution >= 0.6 is 0 Å². The van der Waals surface area contributed by atoms with Crippen LogP contribution in [0.15, 0.2) is 53.4 Å². The van der Waals surface area contributed by atoms with Crippen molar-refractivity contribution in [2.24, 2.45) is 0 Å². The van der Waals surface area contributed by atoms with Crippen LogP contribution < -0.4 is 0 Å². The van der Waals surface area contributed by atoms with Gasteiger partial charge in [-0.25, -0.2) is 13.2 Å². The van der Waals surface area contributed by atoms with Crippen molar-refractivity contribution >= 4 is 21.9 Å². The quantitative estimate of drug-likeness (QED) is 0.646. The van der Waals surface area contributed by atoms with Crippen molar-refractivity contribution in [3.8, 4) is 0 Å². The standard InChI is InChI=1S/C24H28N2O5S/c27-23(25-13-5-1-2-6-14-25)18-31-24(28)20-10-7-11-22(16-20)32(29,30)26-15-12-19-8-3-4-9-21(19)17-26/h3-4,7-11,16H,1-2,5-6,12-15,17-18H2. The number of fused-ring (bicyclic) bond motifs is 1. The number of carbonyl (C=O) groups excluding carboxylic acids is 2. The molecule has 0 unspecified atom stereocenters. The average molecular weight is 457 g/mol. The largest absolute Gasteiger partial charge is 0.452 e. The highest BCUT2D eigenvalue weighted by Gasteiger charge is 2.29. The lowest BCUT2D eigenvalue weighted by Gasteiger charge is -2.28. The number of likely N-dealkylation sites (tertiary alicyclic amines) is 1. The molecular weight excluding hydrogens is 428 g/mol. The van der Waals surface area contributed by atoms with Crippen molar-refractivity contribution in [2.75, 3.05) is 26.2 Å². The molecule has 0 saturated carbocycles. The van der Waals surface area contributed by atoms with E-state index >= 15 is 0 Å². The first-order valence-corrected chi connectivity index (χ1v) is 12.5. The highest BCUT2D eigenvalue weighted by molar-refractivity contribution is 7.89. The van der Waals surface area contributed by atoms with E-state index < -0.39 is 16.0 Å². The third-order valence-electron chi connectivity index (χ3n) is 6.09. The number of carbonyl (C=O) groups is 2. The molecule has 170 valence electrons. The smallest absolute Gasteiger partial charge is 0.338 e. The summed E-state index contributed by atoms with van der Waals surface area (Å²) in [5, 5.41) is 0. The van der Waals surface area contributed by atoms with Crippen LogP contribution in [0, 0.1) is 0 Å². The number of sulfonamides is 1. The number of esters is 1. The van der Waals surface area contributed by atoms with Gasteiger partial charge in [0.25, 0.3) is 5.91 Å². The molecule has 2 aliphatic rings. The van der Waals surface area contributed by atoms with Gasteiger partial charge < -0.3 is 9.64 Å². The van der Waals surface area contributed by atoms with Gasteiger partial charge in [0.1, 0.15) is 0 Å². The second-order valence-corrected chi connectivity index (χ2v) is 10.2. The van der Waals surface area contributed by atoms with E-state index in [0.717, 1.165) is 36.8 Å². The number of ether oxygens (including phenoxy) is 1. The predicted octanol–water partition coefficient (Wildman–Crippen LogP) is 2.99. The van der Waals surface area contributed by atoms with Gasteiger partial charge in [-0.1, -0.05) is 43.2 Å². The van der Waals surface area contributed by atoms with E-state index in [1.165, 1.54) is 28.6 Å². The van der Waals surface area contributed by atoms with Crippen LogP contribution in [0.25, 0.3) is 0 Å². The molecule has 4 rings (SSSR count). The third kappa shape index (κ3) is 5.02. The Labute approximate surface area is 189 Å². The average Bonchev–Trinajstić information content (AvgIpc) is 3.12. The van der Waals surface area contributed by atoms with E-state index in [1.807, 2.05) is 24.3 Å². The summed E-state index contributed by atoms with van der Waals surface area (Å²) >= 11 is 0. The maximum Gasteiger partial charge on any atom is 0.338 e. The minimum Gasteiger partial charge on any atom is -0.452 e. The van der Waals surface area contributed by atoms with E-state index in [2.05, 4.69) is 0 Å². The van der Waals surface area contributed by atoms with Gasteiger partial charge in [-0.2, -0.15) is 4.31 Å². The second kappa shape index (κ2) is 9.83. The molecule has 0 N–H and O–H groups in total. The maximum absolute atomic E-state index is 13.2. The normalized spacial score (nSPS) is 17.3. The van der Waals surface area contributed by atoms with Crippen molar-refractivity contribution in [1.82, 2.24) is 9.21 Å². The van der Waals surface area contributed by atoms with Crippen molar-refractivity contribution < 1.29 is 22.7 Å². The van der Waals surface area contributed by atoms with Crippen molar-refractivity contribution in [1.29, 1.82) is 0 Å². The number of benzene rings is 2. The predicted molar refractivity (Wildman–Crippen MR) is 120 cm³/mol. The van der Waals surface area contributed by atoms with Crippen LogP contribution in [-0.4, -0.2) is 55.7 Å². The molecule has 0 radical (unpaired) electrons. The minimum absolute atomic E-state index is 0.0465. The summed E-state index contributed by atoms with van der Waals surface area (Å²) in [6, 6.07) is 13.6. The highest BCUT2D eigenvalue weighted by Crippen LogP contribution is 2.25. The number of rotatable bonds is 5. The summed E-state index contributed by atoms with van der Waals surface area (Å²) < 4.78 is 33.0. The molecule has 7 nitrogen and oxygen atoms in total. The van der Waals surface area contributed by atoms with Crippen LogP contribution in [0.4, 0.5) is 0 Å². The lowest BCUT2D eigenvalue weighted by molar-refractivity contribution is -0.134. The van der Waals surface area contributed by atoms with Crippen LogP contribution in [0.3, 0.4) is 0 Å². The van der Waals surface area contributed by atoms with E-state index in [0.29, 0.717) is 32.6 Å². The Morgan fingerprint density at radius 1 is 0.875 bits per heavy atom. The molecule has 2 heterocycles. The SMILES string of the molecule is O=C(OCC(=O)N1CCCCCC1)c1cccc(S(=O)(=O)N2CCc3ccccc3C2)c1. The Hall–Kier alpha value is -2.71.